The fourth-order valence-electron chi connectivity index (χ4n) is 6.22. The van der Waals surface area contributed by atoms with Crippen molar-refractivity contribution in [3.05, 3.63) is 146 Å². The summed E-state index contributed by atoms with van der Waals surface area (Å²) < 4.78 is 7.09. The molecule has 0 radical (unpaired) electrons. The molecule has 0 aliphatic rings. The van der Waals surface area contributed by atoms with E-state index in [0.717, 1.165) is 16.6 Å². The summed E-state index contributed by atoms with van der Waals surface area (Å²) in [7, 11) is 0. The van der Waals surface area contributed by atoms with Gasteiger partial charge < -0.3 is 0 Å². The van der Waals surface area contributed by atoms with E-state index < -0.39 is 61.3 Å². The average molecular weight is 995 g/mol. The normalized spacial score (nSPS) is 11.5. The quantitative estimate of drug-likeness (QED) is 0.155. The summed E-state index contributed by atoms with van der Waals surface area (Å²) in [4.78, 5) is 28.5. The molecule has 0 spiro atoms. The van der Waals surface area contributed by atoms with E-state index in [1.807, 2.05) is 36.8 Å². The maximum absolute atomic E-state index is 4.92. The van der Waals surface area contributed by atoms with Crippen LogP contribution in [-0.4, -0.2) is 91.2 Å². The van der Waals surface area contributed by atoms with Gasteiger partial charge in [-0.2, -0.15) is 0 Å². The third-order valence-corrected chi connectivity index (χ3v) is 17.6. The van der Waals surface area contributed by atoms with Crippen LogP contribution in [0.1, 0.15) is 0 Å². The van der Waals surface area contributed by atoms with Gasteiger partial charge in [-0.3, -0.25) is 0 Å². The van der Waals surface area contributed by atoms with Gasteiger partial charge in [0.1, 0.15) is 0 Å². The molecule has 6 heterocycles. The molecule has 240 valence electrons. The second kappa shape index (κ2) is 13.4. The van der Waals surface area contributed by atoms with E-state index in [2.05, 4.69) is 124 Å². The molecule has 9 heteroatoms. The van der Waals surface area contributed by atoms with Gasteiger partial charge in [0.25, 0.3) is 0 Å². The molecule has 0 aliphatic carbocycles. The van der Waals surface area contributed by atoms with E-state index >= 15 is 0 Å². The Kier molecular flexibility index (Phi) is 8.24. The minimum absolute atomic E-state index is 0.588. The minimum atomic E-state index is -0.588. The van der Waals surface area contributed by atoms with Crippen LogP contribution in [0.15, 0.2) is 146 Å². The van der Waals surface area contributed by atoms with Crippen LogP contribution in [0.3, 0.4) is 0 Å². The number of pyridine rings is 3. The summed E-state index contributed by atoms with van der Waals surface area (Å²) in [5.74, 6) is 0. The first-order valence-corrected chi connectivity index (χ1v) is 23.3. The van der Waals surface area contributed by atoms with Gasteiger partial charge in [0, 0.05) is 0 Å². The van der Waals surface area contributed by atoms with Crippen molar-refractivity contribution in [3.8, 4) is 61.2 Å². The predicted molar refractivity (Wildman–Crippen MR) is 209 cm³/mol. The Hall–Kier alpha value is -4.29. The van der Waals surface area contributed by atoms with E-state index in [-0.39, 0.29) is 0 Å². The maximum atomic E-state index is 4.92. The first-order valence-electron chi connectivity index (χ1n) is 16.3. The SMILES string of the molecule is c1cnc2[te]c(-c3ccc(-c4cc(-c5ccc(-c6nc7cccnc7[te]6)cc5)cc(-c5ccc(-c6nc7cccnc7[te]6)cc5)c4)cc3)nc2c1. The zero-order chi connectivity index (χ0) is 33.7. The fraction of sp³-hybridized carbons (Fsp3) is 0. The number of fused-ring (bicyclic) bond motifs is 3. The van der Waals surface area contributed by atoms with Crippen molar-refractivity contribution < 1.29 is 0 Å². The van der Waals surface area contributed by atoms with Crippen LogP contribution in [0, 0.1) is 0 Å². The molecule has 0 unspecified atom stereocenters. The standard InChI is InChI=1S/C42H24N6Te3/c1-4-34-40(43-19-1)49-37(46-34)28-13-7-25(8-14-28)31-22-32(26-9-15-29(16-10-26)38-47-35-5-2-20-44-41(35)50-38)24-33(23-31)27-11-17-30(18-12-27)39-48-36-6-3-21-45-42(36)51-39/h1-24H. The van der Waals surface area contributed by atoms with Crippen molar-refractivity contribution in [1.29, 1.82) is 0 Å². The Morgan fingerprint density at radius 1 is 0.294 bits per heavy atom. The summed E-state index contributed by atoms with van der Waals surface area (Å²) in [6.45, 7) is 0. The number of benzene rings is 4. The molecule has 0 aliphatic heterocycles. The van der Waals surface area contributed by atoms with Crippen molar-refractivity contribution >= 4 is 88.4 Å². The summed E-state index contributed by atoms with van der Waals surface area (Å²) in [5.41, 5.74) is 13.7. The van der Waals surface area contributed by atoms with E-state index in [1.165, 1.54) is 71.8 Å². The Balaban J connectivity index is 1.03. The van der Waals surface area contributed by atoms with Crippen molar-refractivity contribution in [1.82, 2.24) is 29.9 Å². The van der Waals surface area contributed by atoms with Crippen molar-refractivity contribution in [2.24, 2.45) is 0 Å². The molecule has 0 bridgehead atoms. The zero-order valence-electron chi connectivity index (χ0n) is 26.8. The van der Waals surface area contributed by atoms with Gasteiger partial charge in [-0.25, -0.2) is 0 Å². The van der Waals surface area contributed by atoms with Crippen LogP contribution in [0.5, 0.6) is 0 Å². The van der Waals surface area contributed by atoms with Crippen LogP contribution in [0.25, 0.3) is 88.3 Å². The third kappa shape index (κ3) is 6.20. The molecule has 0 amide bonds. The Morgan fingerprint density at radius 2 is 0.569 bits per heavy atom. The van der Waals surface area contributed by atoms with Gasteiger partial charge in [-0.15, -0.1) is 0 Å². The molecule has 0 fully saturated rings. The molecule has 10 aromatic rings. The number of aromatic nitrogens is 6. The van der Waals surface area contributed by atoms with Crippen molar-refractivity contribution in [3.63, 3.8) is 0 Å². The van der Waals surface area contributed by atoms with E-state index in [1.54, 1.807) is 0 Å². The fourth-order valence-corrected chi connectivity index (χ4v) is 14.0. The first kappa shape index (κ1) is 31.4. The van der Waals surface area contributed by atoms with Crippen LogP contribution >= 0.6 is 0 Å². The molecule has 0 saturated carbocycles. The molecule has 0 N–H and O–H groups in total. The molecular formula is C42H24N6Te3. The van der Waals surface area contributed by atoms with Crippen LogP contribution in [-0.2, 0) is 0 Å². The van der Waals surface area contributed by atoms with Crippen LogP contribution in [0.4, 0.5) is 0 Å². The predicted octanol–water partition coefficient (Wildman–Crippen LogP) is 8.69. The molecule has 6 aromatic heterocycles. The van der Waals surface area contributed by atoms with E-state index in [9.17, 15) is 0 Å². The van der Waals surface area contributed by atoms with Crippen LogP contribution in [0.2, 0.25) is 0 Å². The molecule has 0 saturated heterocycles. The zero-order valence-corrected chi connectivity index (χ0v) is 33.8. The molecular weight excluding hydrogens is 971 g/mol. The summed E-state index contributed by atoms with van der Waals surface area (Å²) >= 11 is -1.76. The second-order valence-corrected chi connectivity index (χ2v) is 20.4. The molecule has 0 atom stereocenters. The summed E-state index contributed by atoms with van der Waals surface area (Å²) in [6.07, 6.45) is 5.62. The molecule has 51 heavy (non-hydrogen) atoms. The van der Waals surface area contributed by atoms with Gasteiger partial charge in [0.05, 0.1) is 0 Å². The average Bonchev–Trinajstić information content (AvgIpc) is 3.95. The second-order valence-electron chi connectivity index (χ2n) is 12.1. The van der Waals surface area contributed by atoms with Crippen LogP contribution < -0.4 is 0 Å². The Morgan fingerprint density at radius 3 is 0.843 bits per heavy atom. The van der Waals surface area contributed by atoms with Gasteiger partial charge in [0.2, 0.25) is 0 Å². The van der Waals surface area contributed by atoms with Crippen molar-refractivity contribution in [2.75, 3.05) is 0 Å². The number of hydrogen-bond donors (Lipinski definition) is 0. The molecule has 6 nitrogen and oxygen atoms in total. The van der Waals surface area contributed by atoms with Crippen molar-refractivity contribution in [2.45, 2.75) is 0 Å². The Bertz CT molecular complexity index is 2430. The summed E-state index contributed by atoms with van der Waals surface area (Å²) in [6, 6.07) is 45.8. The Labute approximate surface area is 322 Å². The van der Waals surface area contributed by atoms with Gasteiger partial charge >= 0.3 is 326 Å². The monoisotopic (exact) mass is 1000 g/mol. The first-order chi connectivity index (χ1) is 25.2. The molecule has 4 aromatic carbocycles. The number of rotatable bonds is 6. The van der Waals surface area contributed by atoms with Gasteiger partial charge in [0.15, 0.2) is 0 Å². The number of nitrogens with zero attached hydrogens (tertiary/aromatic N) is 6. The van der Waals surface area contributed by atoms with E-state index in [0.29, 0.717) is 0 Å². The molecule has 10 rings (SSSR count). The topological polar surface area (TPSA) is 77.3 Å². The summed E-state index contributed by atoms with van der Waals surface area (Å²) in [5, 5.41) is 0. The third-order valence-electron chi connectivity index (χ3n) is 8.83. The van der Waals surface area contributed by atoms with E-state index in [4.69, 9.17) is 15.0 Å². The van der Waals surface area contributed by atoms with Gasteiger partial charge in [-0.05, 0) is 0 Å². The number of hydrogen-bond acceptors (Lipinski definition) is 6. The van der Waals surface area contributed by atoms with Gasteiger partial charge in [-0.1, -0.05) is 0 Å².